The summed E-state index contributed by atoms with van der Waals surface area (Å²) in [5.41, 5.74) is 25.2. The first-order valence-electron chi connectivity index (χ1n) is 26.1. The minimum atomic E-state index is -0.217. The van der Waals surface area contributed by atoms with Gasteiger partial charge >= 0.3 is 0 Å². The Morgan fingerprint density at radius 2 is 1.16 bits per heavy atom. The molecule has 3 nitrogen and oxygen atoms in total. The second kappa shape index (κ2) is 15.2. The smallest absolute Gasteiger partial charge is 0.252 e. The Hall–Kier alpha value is -6.07. The molecular weight excluding hydrogens is 853 g/mol. The Kier molecular flexibility index (Phi) is 9.81. The fourth-order valence-corrected chi connectivity index (χ4v) is 13.9. The summed E-state index contributed by atoms with van der Waals surface area (Å²) in [5.74, 6) is -0.149. The number of rotatable bonds is 4. The molecule has 1 saturated carbocycles. The van der Waals surface area contributed by atoms with E-state index in [1.807, 2.05) is 6.07 Å². The van der Waals surface area contributed by atoms with E-state index < -0.39 is 0 Å². The highest BCUT2D eigenvalue weighted by molar-refractivity contribution is 7.00. The van der Waals surface area contributed by atoms with Gasteiger partial charge in [-0.05, 0) is 190 Å². The number of anilines is 8. The Bertz CT molecular complexity index is 3320. The first-order chi connectivity index (χ1) is 33.1. The molecule has 0 amide bonds. The zero-order valence-electron chi connectivity index (χ0n) is 43.7. The van der Waals surface area contributed by atoms with Crippen LogP contribution in [0.3, 0.4) is 0 Å². The second-order valence-electron chi connectivity index (χ2n) is 25.2. The van der Waals surface area contributed by atoms with Gasteiger partial charge in [-0.1, -0.05) is 136 Å². The van der Waals surface area contributed by atoms with E-state index in [2.05, 4.69) is 213 Å². The molecule has 2 unspecified atom stereocenters. The fourth-order valence-electron chi connectivity index (χ4n) is 13.9. The van der Waals surface area contributed by atoms with E-state index in [-0.39, 0.29) is 39.7 Å². The Morgan fingerprint density at radius 3 is 1.84 bits per heavy atom. The summed E-state index contributed by atoms with van der Waals surface area (Å²) in [6.07, 6.45) is 6.53. The third kappa shape index (κ3) is 6.65. The summed E-state index contributed by atoms with van der Waals surface area (Å²) in [5, 5.41) is 0. The molecule has 5 aliphatic rings. The summed E-state index contributed by atoms with van der Waals surface area (Å²) < 4.78 is 15.4. The number of hydrogen-bond donors (Lipinski definition) is 0. The molecule has 0 radical (unpaired) electrons. The molecule has 3 heterocycles. The lowest BCUT2D eigenvalue weighted by molar-refractivity contribution is 0.194. The molecule has 0 spiro atoms. The largest absolute Gasteiger partial charge is 0.334 e. The summed E-state index contributed by atoms with van der Waals surface area (Å²) in [6.45, 7) is 28.2. The first kappa shape index (κ1) is 45.1. The minimum absolute atomic E-state index is 0.00655. The third-order valence-electron chi connectivity index (χ3n) is 17.7. The predicted octanol–water partition coefficient (Wildman–Crippen LogP) is 15.7. The highest BCUT2D eigenvalue weighted by Crippen LogP contribution is 2.61. The maximum Gasteiger partial charge on any atom is 0.252 e. The van der Waals surface area contributed by atoms with Crippen molar-refractivity contribution in [2.45, 2.75) is 143 Å². The van der Waals surface area contributed by atoms with Crippen molar-refractivity contribution in [2.24, 2.45) is 5.41 Å². The van der Waals surface area contributed by atoms with Gasteiger partial charge in [0.15, 0.2) is 0 Å². The van der Waals surface area contributed by atoms with Crippen molar-refractivity contribution in [2.75, 3.05) is 14.7 Å². The van der Waals surface area contributed by atoms with Crippen LogP contribution in [0, 0.1) is 25.1 Å². The van der Waals surface area contributed by atoms with Crippen LogP contribution in [0.1, 0.15) is 134 Å². The van der Waals surface area contributed by atoms with Crippen LogP contribution in [-0.2, 0) is 29.1 Å². The maximum atomic E-state index is 15.4. The van der Waals surface area contributed by atoms with Gasteiger partial charge in [0.2, 0.25) is 0 Å². The van der Waals surface area contributed by atoms with Gasteiger partial charge in [-0.3, -0.25) is 0 Å². The van der Waals surface area contributed by atoms with Crippen molar-refractivity contribution in [3.05, 3.63) is 172 Å². The summed E-state index contributed by atoms with van der Waals surface area (Å²) in [6, 6.07) is 48.5. The lowest BCUT2D eigenvalue weighted by Gasteiger charge is -2.50. The van der Waals surface area contributed by atoms with Gasteiger partial charge in [0.1, 0.15) is 5.82 Å². The highest BCUT2D eigenvalue weighted by atomic mass is 19.1. The van der Waals surface area contributed by atoms with Crippen LogP contribution >= 0.6 is 0 Å². The Morgan fingerprint density at radius 1 is 0.543 bits per heavy atom. The number of nitrogens with zero attached hydrogens (tertiary/aromatic N) is 3. The van der Waals surface area contributed by atoms with Gasteiger partial charge < -0.3 is 14.7 Å². The van der Waals surface area contributed by atoms with Crippen LogP contribution in [0.15, 0.2) is 127 Å². The van der Waals surface area contributed by atoms with E-state index in [9.17, 15) is 0 Å². The van der Waals surface area contributed by atoms with Crippen LogP contribution in [0.5, 0.6) is 0 Å². The van der Waals surface area contributed by atoms with Crippen molar-refractivity contribution in [1.82, 2.24) is 0 Å². The van der Waals surface area contributed by atoms with Gasteiger partial charge in [-0.25, -0.2) is 4.39 Å². The normalized spacial score (nSPS) is 20.7. The van der Waals surface area contributed by atoms with Crippen molar-refractivity contribution in [3.8, 4) is 11.1 Å². The Labute approximate surface area is 417 Å². The number of hydrogen-bond acceptors (Lipinski definition) is 3. The van der Waals surface area contributed by atoms with Crippen molar-refractivity contribution < 1.29 is 4.39 Å². The molecular formula is C65H69BFN3. The molecule has 3 aliphatic heterocycles. The third-order valence-corrected chi connectivity index (χ3v) is 17.7. The number of halogens is 1. The van der Waals surface area contributed by atoms with Crippen LogP contribution in [0.4, 0.5) is 49.9 Å². The summed E-state index contributed by atoms with van der Waals surface area (Å²) in [7, 11) is 0. The molecule has 7 aromatic rings. The molecule has 0 saturated heterocycles. The number of fused-ring (bicyclic) bond motifs is 8. The molecule has 12 rings (SSSR count). The molecule has 0 bridgehead atoms. The summed E-state index contributed by atoms with van der Waals surface area (Å²) in [4.78, 5) is 7.88. The molecule has 2 aliphatic carbocycles. The van der Waals surface area contributed by atoms with Crippen molar-refractivity contribution >= 4 is 68.6 Å². The van der Waals surface area contributed by atoms with Crippen LogP contribution in [0.2, 0.25) is 0 Å². The summed E-state index contributed by atoms with van der Waals surface area (Å²) >= 11 is 0. The molecule has 7 aromatic carbocycles. The molecule has 354 valence electrons. The van der Waals surface area contributed by atoms with E-state index >= 15 is 4.39 Å². The van der Waals surface area contributed by atoms with Crippen molar-refractivity contribution in [1.29, 1.82) is 0 Å². The predicted molar refractivity (Wildman–Crippen MR) is 297 cm³/mol. The standard InChI is InChI=1S/C65H69BFN3/c1-40-30-58-60-59(31-40)69(54-26-21-46(62(6,7)8)35-49(54)42-18-14-13-15-19-42)56-34-44-39-63(9,10)38-43(44)33-52(56)66(60)51-24-23-48(37-57(51)68(58)53-25-20-45(32-41(53)2)61(3,4)5)70-55-27-22-47(67)36-50(55)64(11)28-16-17-29-65(64,70)12/h13-15,18-27,30-37H,16-17,28-29,38-39H2,1-12H3. The molecule has 0 N–H and O–H groups in total. The first-order valence-corrected chi connectivity index (χ1v) is 26.1. The van der Waals surface area contributed by atoms with Gasteiger partial charge in [0.05, 0.1) is 11.2 Å². The van der Waals surface area contributed by atoms with Crippen LogP contribution < -0.4 is 31.1 Å². The minimum Gasteiger partial charge on any atom is -0.334 e. The van der Waals surface area contributed by atoms with Crippen LogP contribution in [0.25, 0.3) is 11.1 Å². The number of aryl methyl sites for hydroxylation is 2. The molecule has 2 atom stereocenters. The zero-order valence-corrected chi connectivity index (χ0v) is 43.7. The van der Waals surface area contributed by atoms with E-state index in [0.29, 0.717) is 0 Å². The molecule has 5 heteroatoms. The molecule has 70 heavy (non-hydrogen) atoms. The molecule has 0 aromatic heterocycles. The maximum absolute atomic E-state index is 15.4. The van der Waals surface area contributed by atoms with E-state index in [4.69, 9.17) is 0 Å². The van der Waals surface area contributed by atoms with Gasteiger partial charge in [0, 0.05) is 50.8 Å². The average molecular weight is 922 g/mol. The van der Waals surface area contributed by atoms with E-state index in [1.165, 1.54) is 101 Å². The average Bonchev–Trinajstić information content (AvgIpc) is 3.72. The van der Waals surface area contributed by atoms with E-state index in [0.717, 1.165) is 49.8 Å². The molecule has 1 fully saturated rings. The SMILES string of the molecule is Cc1cc2c3c(c1)N(c1ccc(C(C)(C)C)cc1-c1ccccc1)c1cc4c(cc1B3c1ccc(N3c5ccc(F)cc5C5(C)CCCCC35C)cc1N2c1ccc(C(C)(C)C)cc1C)CC(C)(C)C4. The lowest BCUT2D eigenvalue weighted by Crippen LogP contribution is -2.61. The number of benzene rings is 7. The van der Waals surface area contributed by atoms with Gasteiger partial charge in [-0.15, -0.1) is 0 Å². The van der Waals surface area contributed by atoms with Crippen molar-refractivity contribution in [3.63, 3.8) is 0 Å². The zero-order chi connectivity index (χ0) is 49.0. The lowest BCUT2D eigenvalue weighted by atomic mass is 9.33. The fraction of sp³-hybridized carbons (Fsp3) is 0.354. The van der Waals surface area contributed by atoms with E-state index in [1.54, 1.807) is 6.07 Å². The Balaban J connectivity index is 1.16. The highest BCUT2D eigenvalue weighted by Gasteiger charge is 2.58. The monoisotopic (exact) mass is 922 g/mol. The second-order valence-corrected chi connectivity index (χ2v) is 25.2. The quantitative estimate of drug-likeness (QED) is 0.163. The van der Waals surface area contributed by atoms with Gasteiger partial charge in [0.25, 0.3) is 6.71 Å². The van der Waals surface area contributed by atoms with Gasteiger partial charge in [-0.2, -0.15) is 0 Å². The topological polar surface area (TPSA) is 9.72 Å². The van der Waals surface area contributed by atoms with Crippen LogP contribution in [-0.4, -0.2) is 12.3 Å².